The molecule has 0 unspecified atom stereocenters. The highest BCUT2D eigenvalue weighted by atomic mass is 19.1. The summed E-state index contributed by atoms with van der Waals surface area (Å²) in [6.45, 7) is 2.75. The number of nitrogens with one attached hydrogen (secondary N) is 1. The summed E-state index contributed by atoms with van der Waals surface area (Å²) in [6, 6.07) is 10.3. The molecule has 0 aliphatic heterocycles. The van der Waals surface area contributed by atoms with Gasteiger partial charge in [-0.1, -0.05) is 6.92 Å². The van der Waals surface area contributed by atoms with Crippen molar-refractivity contribution < 1.29 is 13.9 Å². The van der Waals surface area contributed by atoms with E-state index in [4.69, 9.17) is 15.2 Å². The number of anilines is 3. The molecule has 3 N–H and O–H groups in total. The molecule has 0 fully saturated rings. The molecule has 2 aromatic carbocycles. The van der Waals surface area contributed by atoms with Gasteiger partial charge in [0.1, 0.15) is 5.75 Å². The summed E-state index contributed by atoms with van der Waals surface area (Å²) in [7, 11) is 1.41. The van der Waals surface area contributed by atoms with Gasteiger partial charge in [0.05, 0.1) is 25.1 Å². The van der Waals surface area contributed by atoms with Crippen LogP contribution in [0.2, 0.25) is 0 Å². The Morgan fingerprint density at radius 3 is 2.52 bits per heavy atom. The molecule has 0 amide bonds. The van der Waals surface area contributed by atoms with Crippen molar-refractivity contribution in [2.75, 3.05) is 24.8 Å². The molecule has 5 heteroatoms. The Morgan fingerprint density at radius 2 is 1.90 bits per heavy atom. The van der Waals surface area contributed by atoms with Crippen LogP contribution in [0.3, 0.4) is 0 Å². The zero-order valence-corrected chi connectivity index (χ0v) is 12.2. The second-order valence-corrected chi connectivity index (χ2v) is 4.57. The van der Waals surface area contributed by atoms with E-state index in [9.17, 15) is 4.39 Å². The number of nitrogen functional groups attached to an aromatic ring is 1. The number of hydrogen-bond donors (Lipinski definition) is 2. The van der Waals surface area contributed by atoms with Crippen LogP contribution in [-0.2, 0) is 0 Å². The predicted molar refractivity (Wildman–Crippen MR) is 82.9 cm³/mol. The van der Waals surface area contributed by atoms with Gasteiger partial charge in [-0.15, -0.1) is 0 Å². The molecule has 112 valence electrons. The normalized spacial score (nSPS) is 10.2. The minimum absolute atomic E-state index is 0.148. The van der Waals surface area contributed by atoms with Gasteiger partial charge in [-0.05, 0) is 30.7 Å². The molecule has 2 rings (SSSR count). The summed E-state index contributed by atoms with van der Waals surface area (Å²) < 4.78 is 24.0. The lowest BCUT2D eigenvalue weighted by Gasteiger charge is -2.12. The van der Waals surface area contributed by atoms with Gasteiger partial charge in [0, 0.05) is 17.8 Å². The third kappa shape index (κ3) is 3.78. The van der Waals surface area contributed by atoms with Crippen LogP contribution in [0.25, 0.3) is 0 Å². The van der Waals surface area contributed by atoms with Gasteiger partial charge in [-0.25, -0.2) is 4.39 Å². The van der Waals surface area contributed by atoms with Crippen LogP contribution in [-0.4, -0.2) is 13.7 Å². The SMILES string of the molecule is CCCOc1ccc(Nc2cc(OC)c(F)cc2N)cc1. The van der Waals surface area contributed by atoms with E-state index in [1.165, 1.54) is 19.2 Å². The van der Waals surface area contributed by atoms with Gasteiger partial charge < -0.3 is 20.5 Å². The van der Waals surface area contributed by atoms with Crippen LogP contribution in [0.1, 0.15) is 13.3 Å². The highest BCUT2D eigenvalue weighted by Gasteiger charge is 2.08. The first-order chi connectivity index (χ1) is 10.1. The maximum atomic E-state index is 13.5. The molecule has 0 heterocycles. The third-order valence-electron chi connectivity index (χ3n) is 2.93. The number of benzene rings is 2. The van der Waals surface area contributed by atoms with E-state index >= 15 is 0 Å². The molecule has 0 saturated heterocycles. The summed E-state index contributed by atoms with van der Waals surface area (Å²) in [5.74, 6) is 0.477. The van der Waals surface area contributed by atoms with E-state index in [2.05, 4.69) is 12.2 Å². The van der Waals surface area contributed by atoms with Crippen molar-refractivity contribution in [2.45, 2.75) is 13.3 Å². The van der Waals surface area contributed by atoms with E-state index in [0.717, 1.165) is 17.9 Å². The Bertz CT molecular complexity index is 600. The molecular weight excluding hydrogens is 271 g/mol. The second kappa shape index (κ2) is 6.83. The van der Waals surface area contributed by atoms with E-state index in [0.29, 0.717) is 18.0 Å². The number of halogens is 1. The highest BCUT2D eigenvalue weighted by Crippen LogP contribution is 2.30. The molecule has 0 bridgehead atoms. The van der Waals surface area contributed by atoms with Crippen LogP contribution in [0, 0.1) is 5.82 Å². The lowest BCUT2D eigenvalue weighted by atomic mass is 10.2. The number of hydrogen-bond acceptors (Lipinski definition) is 4. The summed E-state index contributed by atoms with van der Waals surface area (Å²) in [6.07, 6.45) is 0.964. The Hall–Kier alpha value is -2.43. The predicted octanol–water partition coefficient (Wildman–Crippen LogP) is 3.95. The molecule has 0 atom stereocenters. The number of methoxy groups -OCH3 is 1. The Kier molecular flexibility index (Phi) is 4.87. The first kappa shape index (κ1) is 15.0. The van der Waals surface area contributed by atoms with Crippen LogP contribution in [0.5, 0.6) is 11.5 Å². The Labute approximate surface area is 123 Å². The molecule has 0 spiro atoms. The van der Waals surface area contributed by atoms with Gasteiger partial charge >= 0.3 is 0 Å². The van der Waals surface area contributed by atoms with Crippen LogP contribution in [0.4, 0.5) is 21.5 Å². The molecule has 0 aliphatic rings. The quantitative estimate of drug-likeness (QED) is 0.791. The van der Waals surface area contributed by atoms with Crippen molar-refractivity contribution in [1.82, 2.24) is 0 Å². The maximum Gasteiger partial charge on any atom is 0.167 e. The summed E-state index contributed by atoms with van der Waals surface area (Å²) in [5.41, 5.74) is 7.55. The number of nitrogens with two attached hydrogens (primary N) is 1. The van der Waals surface area contributed by atoms with Crippen LogP contribution in [0.15, 0.2) is 36.4 Å². The fourth-order valence-corrected chi connectivity index (χ4v) is 1.84. The first-order valence-corrected chi connectivity index (χ1v) is 6.77. The van der Waals surface area contributed by atoms with Crippen molar-refractivity contribution in [3.8, 4) is 11.5 Å². The highest BCUT2D eigenvalue weighted by molar-refractivity contribution is 5.74. The van der Waals surface area contributed by atoms with Crippen LogP contribution < -0.4 is 20.5 Å². The average molecular weight is 290 g/mol. The number of ether oxygens (including phenoxy) is 2. The van der Waals surface area contributed by atoms with Crippen molar-refractivity contribution in [3.63, 3.8) is 0 Å². The average Bonchev–Trinajstić information content (AvgIpc) is 2.49. The third-order valence-corrected chi connectivity index (χ3v) is 2.93. The maximum absolute atomic E-state index is 13.5. The number of rotatable bonds is 6. The van der Waals surface area contributed by atoms with Gasteiger partial charge in [0.15, 0.2) is 11.6 Å². The topological polar surface area (TPSA) is 56.5 Å². The van der Waals surface area contributed by atoms with E-state index < -0.39 is 5.82 Å². The summed E-state index contributed by atoms with van der Waals surface area (Å²) in [5, 5.41) is 3.13. The molecule has 0 radical (unpaired) electrons. The minimum Gasteiger partial charge on any atom is -0.494 e. The lowest BCUT2D eigenvalue weighted by Crippen LogP contribution is -1.99. The summed E-state index contributed by atoms with van der Waals surface area (Å²) in [4.78, 5) is 0. The molecule has 4 nitrogen and oxygen atoms in total. The zero-order valence-electron chi connectivity index (χ0n) is 12.2. The fourth-order valence-electron chi connectivity index (χ4n) is 1.84. The standard InChI is InChI=1S/C16H19FN2O2/c1-3-8-21-12-6-4-11(5-7-12)19-15-10-16(20-2)13(17)9-14(15)18/h4-7,9-10,19H,3,8,18H2,1-2H3. The van der Waals surface area contributed by atoms with Gasteiger partial charge in [-0.2, -0.15) is 0 Å². The monoisotopic (exact) mass is 290 g/mol. The van der Waals surface area contributed by atoms with E-state index in [-0.39, 0.29) is 5.75 Å². The fraction of sp³-hybridized carbons (Fsp3) is 0.250. The Balaban J connectivity index is 2.14. The first-order valence-electron chi connectivity index (χ1n) is 6.77. The smallest absolute Gasteiger partial charge is 0.167 e. The Morgan fingerprint density at radius 1 is 1.19 bits per heavy atom. The van der Waals surface area contributed by atoms with Gasteiger partial charge in [0.2, 0.25) is 0 Å². The second-order valence-electron chi connectivity index (χ2n) is 4.57. The van der Waals surface area contributed by atoms with E-state index in [1.54, 1.807) is 0 Å². The molecule has 0 aromatic heterocycles. The molecule has 2 aromatic rings. The van der Waals surface area contributed by atoms with Crippen molar-refractivity contribution in [2.24, 2.45) is 0 Å². The summed E-state index contributed by atoms with van der Waals surface area (Å²) >= 11 is 0. The van der Waals surface area contributed by atoms with Gasteiger partial charge in [-0.3, -0.25) is 0 Å². The van der Waals surface area contributed by atoms with Crippen LogP contribution >= 0.6 is 0 Å². The van der Waals surface area contributed by atoms with Crippen molar-refractivity contribution >= 4 is 17.1 Å². The van der Waals surface area contributed by atoms with Crippen molar-refractivity contribution in [1.29, 1.82) is 0 Å². The zero-order chi connectivity index (χ0) is 15.2. The van der Waals surface area contributed by atoms with Gasteiger partial charge in [0.25, 0.3) is 0 Å². The van der Waals surface area contributed by atoms with E-state index in [1.807, 2.05) is 24.3 Å². The molecule has 0 aliphatic carbocycles. The molecule has 21 heavy (non-hydrogen) atoms. The largest absolute Gasteiger partial charge is 0.494 e. The molecular formula is C16H19FN2O2. The minimum atomic E-state index is -0.483. The molecule has 0 saturated carbocycles. The lowest BCUT2D eigenvalue weighted by molar-refractivity contribution is 0.317. The van der Waals surface area contributed by atoms with Crippen molar-refractivity contribution in [3.05, 3.63) is 42.2 Å².